The number of nitrogens with zero attached hydrogens (tertiary/aromatic N) is 3. The van der Waals surface area contributed by atoms with Crippen molar-refractivity contribution in [2.45, 2.75) is 44.4 Å². The molecular formula is C19H23ClF3N3O2. The summed E-state index contributed by atoms with van der Waals surface area (Å²) < 4.78 is 44.1. The van der Waals surface area contributed by atoms with Crippen molar-refractivity contribution in [2.24, 2.45) is 5.41 Å². The molecule has 3 fully saturated rings. The molecule has 1 aromatic rings. The predicted octanol–water partition coefficient (Wildman–Crippen LogP) is 3.75. The molecule has 0 radical (unpaired) electrons. The fraction of sp³-hybridized carbons (Fsp3) is 0.684. The van der Waals surface area contributed by atoms with Crippen molar-refractivity contribution in [3.05, 3.63) is 22.8 Å². The number of hydrogen-bond donors (Lipinski definition) is 0. The quantitative estimate of drug-likeness (QED) is 0.701. The number of aromatic nitrogens is 1. The average Bonchev–Trinajstić information content (AvgIpc) is 3.24. The van der Waals surface area contributed by atoms with E-state index < -0.39 is 17.2 Å². The molecule has 154 valence electrons. The normalized spacial score (nSPS) is 25.5. The first kappa shape index (κ1) is 19.8. The van der Waals surface area contributed by atoms with Gasteiger partial charge in [0.25, 0.3) is 0 Å². The first-order chi connectivity index (χ1) is 13.3. The Morgan fingerprint density at radius 2 is 1.89 bits per heavy atom. The fourth-order valence-corrected chi connectivity index (χ4v) is 4.85. The molecule has 3 aliphatic heterocycles. The zero-order valence-corrected chi connectivity index (χ0v) is 16.2. The van der Waals surface area contributed by atoms with E-state index in [1.807, 2.05) is 4.90 Å². The number of ether oxygens (including phenoxy) is 1. The molecule has 1 atom stereocenters. The van der Waals surface area contributed by atoms with Crippen LogP contribution in [-0.2, 0) is 15.7 Å². The molecule has 3 aliphatic rings. The van der Waals surface area contributed by atoms with Gasteiger partial charge in [0.15, 0.2) is 0 Å². The Kier molecular flexibility index (Phi) is 5.20. The molecule has 4 rings (SSSR count). The predicted molar refractivity (Wildman–Crippen MR) is 98.3 cm³/mol. The van der Waals surface area contributed by atoms with E-state index in [1.54, 1.807) is 0 Å². The van der Waals surface area contributed by atoms with E-state index in [0.29, 0.717) is 38.2 Å². The lowest BCUT2D eigenvalue weighted by atomic mass is 9.76. The van der Waals surface area contributed by atoms with Crippen molar-refractivity contribution in [1.82, 2.24) is 9.88 Å². The standard InChI is InChI=1S/C19H23ClF3N3O2/c20-15-9-13(19(21,22)23)11-24-16(15)26-7-3-18(4-8-26)10-14(28-17(18)27)12-25-5-1-2-6-25/h9,11,14H,1-8,10,12H2. The number of anilines is 1. The zero-order chi connectivity index (χ0) is 19.9. The molecule has 1 unspecified atom stereocenters. The van der Waals surface area contributed by atoms with Crippen molar-refractivity contribution < 1.29 is 22.7 Å². The summed E-state index contributed by atoms with van der Waals surface area (Å²) in [4.78, 5) is 20.7. The summed E-state index contributed by atoms with van der Waals surface area (Å²) in [6.07, 6.45) is 0.571. The van der Waals surface area contributed by atoms with Crippen LogP contribution in [0.1, 0.15) is 37.7 Å². The second-order valence-corrected chi connectivity index (χ2v) is 8.44. The van der Waals surface area contributed by atoms with E-state index in [4.69, 9.17) is 16.3 Å². The summed E-state index contributed by atoms with van der Waals surface area (Å²) in [6, 6.07) is 0.907. The van der Waals surface area contributed by atoms with Crippen LogP contribution in [0, 0.1) is 5.41 Å². The van der Waals surface area contributed by atoms with E-state index in [-0.39, 0.29) is 17.1 Å². The number of rotatable bonds is 3. The monoisotopic (exact) mass is 417 g/mol. The summed E-state index contributed by atoms with van der Waals surface area (Å²) in [7, 11) is 0. The Morgan fingerprint density at radius 3 is 2.50 bits per heavy atom. The molecule has 0 aliphatic carbocycles. The first-order valence-corrected chi connectivity index (χ1v) is 10.1. The number of esters is 1. The van der Waals surface area contributed by atoms with Crippen molar-refractivity contribution >= 4 is 23.4 Å². The minimum Gasteiger partial charge on any atom is -0.461 e. The molecule has 3 saturated heterocycles. The van der Waals surface area contributed by atoms with Crippen LogP contribution in [-0.4, -0.2) is 54.7 Å². The highest BCUT2D eigenvalue weighted by Crippen LogP contribution is 2.45. The smallest absolute Gasteiger partial charge is 0.417 e. The van der Waals surface area contributed by atoms with E-state index in [1.165, 1.54) is 12.8 Å². The van der Waals surface area contributed by atoms with Gasteiger partial charge in [-0.05, 0) is 44.8 Å². The lowest BCUT2D eigenvalue weighted by molar-refractivity contribution is -0.150. The first-order valence-electron chi connectivity index (χ1n) is 9.68. The molecule has 0 aromatic carbocycles. The Bertz CT molecular complexity index is 744. The van der Waals surface area contributed by atoms with Gasteiger partial charge in [0.05, 0.1) is 16.0 Å². The molecule has 1 spiro atoms. The summed E-state index contributed by atoms with van der Waals surface area (Å²) in [5, 5.41) is -0.0216. The van der Waals surface area contributed by atoms with Gasteiger partial charge in [-0.15, -0.1) is 0 Å². The van der Waals surface area contributed by atoms with E-state index in [2.05, 4.69) is 9.88 Å². The third kappa shape index (κ3) is 3.81. The number of piperidine rings is 1. The van der Waals surface area contributed by atoms with Crippen molar-refractivity contribution in [2.75, 3.05) is 37.6 Å². The molecule has 0 N–H and O–H groups in total. The number of halogens is 4. The van der Waals surface area contributed by atoms with E-state index in [0.717, 1.165) is 31.9 Å². The van der Waals surface area contributed by atoms with Crippen LogP contribution in [0.25, 0.3) is 0 Å². The number of carbonyl (C=O) groups is 1. The largest absolute Gasteiger partial charge is 0.461 e. The SMILES string of the molecule is O=C1OC(CN2CCCC2)CC12CCN(c1ncc(C(F)(F)F)cc1Cl)CC2. The van der Waals surface area contributed by atoms with Gasteiger partial charge in [-0.3, -0.25) is 9.69 Å². The lowest BCUT2D eigenvalue weighted by Crippen LogP contribution is -2.43. The number of hydrogen-bond acceptors (Lipinski definition) is 5. The topological polar surface area (TPSA) is 45.7 Å². The third-order valence-corrected chi connectivity index (χ3v) is 6.43. The maximum atomic E-state index is 12.8. The average molecular weight is 418 g/mol. The Labute approximate surface area is 166 Å². The van der Waals surface area contributed by atoms with Gasteiger partial charge in [-0.25, -0.2) is 4.98 Å². The molecule has 5 nitrogen and oxygen atoms in total. The van der Waals surface area contributed by atoms with Crippen LogP contribution in [0.4, 0.5) is 19.0 Å². The van der Waals surface area contributed by atoms with Crippen LogP contribution in [0.5, 0.6) is 0 Å². The van der Waals surface area contributed by atoms with Crippen LogP contribution < -0.4 is 4.90 Å². The summed E-state index contributed by atoms with van der Waals surface area (Å²) in [5.74, 6) is 0.201. The van der Waals surface area contributed by atoms with Gasteiger partial charge in [-0.1, -0.05) is 11.6 Å². The second kappa shape index (κ2) is 7.37. The molecule has 9 heteroatoms. The summed E-state index contributed by atoms with van der Waals surface area (Å²) in [5.41, 5.74) is -1.35. The van der Waals surface area contributed by atoms with E-state index >= 15 is 0 Å². The van der Waals surface area contributed by atoms with Crippen LogP contribution in [0.15, 0.2) is 12.3 Å². The maximum absolute atomic E-state index is 12.8. The van der Waals surface area contributed by atoms with Crippen molar-refractivity contribution in [1.29, 1.82) is 0 Å². The lowest BCUT2D eigenvalue weighted by Gasteiger charge is -2.37. The molecule has 0 bridgehead atoms. The fourth-order valence-electron chi connectivity index (χ4n) is 4.57. The molecule has 4 heterocycles. The third-order valence-electron chi connectivity index (χ3n) is 6.15. The van der Waals surface area contributed by atoms with Gasteiger partial charge in [0, 0.05) is 32.3 Å². The molecule has 28 heavy (non-hydrogen) atoms. The van der Waals surface area contributed by atoms with Crippen molar-refractivity contribution in [3.63, 3.8) is 0 Å². The van der Waals surface area contributed by atoms with Crippen molar-refractivity contribution in [3.8, 4) is 0 Å². The number of pyridine rings is 1. The summed E-state index contributed by atoms with van der Waals surface area (Å²) >= 11 is 6.07. The van der Waals surface area contributed by atoms with Gasteiger partial charge >= 0.3 is 12.1 Å². The number of alkyl halides is 3. The highest BCUT2D eigenvalue weighted by molar-refractivity contribution is 6.33. The highest BCUT2D eigenvalue weighted by Gasteiger charge is 2.51. The van der Waals surface area contributed by atoms with Gasteiger partial charge in [-0.2, -0.15) is 13.2 Å². The Morgan fingerprint density at radius 1 is 1.21 bits per heavy atom. The number of carbonyl (C=O) groups excluding carboxylic acids is 1. The van der Waals surface area contributed by atoms with E-state index in [9.17, 15) is 18.0 Å². The molecule has 0 saturated carbocycles. The van der Waals surface area contributed by atoms with Crippen LogP contribution in [0.2, 0.25) is 5.02 Å². The van der Waals surface area contributed by atoms with Gasteiger partial charge in [0.2, 0.25) is 0 Å². The zero-order valence-electron chi connectivity index (χ0n) is 15.5. The Balaban J connectivity index is 1.39. The minimum atomic E-state index is -4.47. The second-order valence-electron chi connectivity index (χ2n) is 8.03. The molecule has 1 aromatic heterocycles. The molecular weight excluding hydrogens is 395 g/mol. The van der Waals surface area contributed by atoms with Crippen LogP contribution >= 0.6 is 11.6 Å². The number of likely N-dealkylation sites (tertiary alicyclic amines) is 1. The minimum absolute atomic E-state index is 0.0216. The van der Waals surface area contributed by atoms with Crippen LogP contribution in [0.3, 0.4) is 0 Å². The summed E-state index contributed by atoms with van der Waals surface area (Å²) in [6.45, 7) is 3.95. The van der Waals surface area contributed by atoms with Gasteiger partial charge < -0.3 is 9.64 Å². The van der Waals surface area contributed by atoms with Gasteiger partial charge in [0.1, 0.15) is 11.9 Å². The Hall–Kier alpha value is -1.54. The number of cyclic esters (lactones) is 1. The highest BCUT2D eigenvalue weighted by atomic mass is 35.5. The maximum Gasteiger partial charge on any atom is 0.417 e. The molecule has 0 amide bonds.